The zero-order valence-electron chi connectivity index (χ0n) is 14.3. The smallest absolute Gasteiger partial charge is 0.273 e. The van der Waals surface area contributed by atoms with Gasteiger partial charge in [-0.15, -0.1) is 11.3 Å². The van der Waals surface area contributed by atoms with E-state index in [1.54, 1.807) is 17.5 Å². The van der Waals surface area contributed by atoms with Gasteiger partial charge in [-0.25, -0.2) is 4.98 Å². The molecule has 0 aliphatic carbocycles. The van der Waals surface area contributed by atoms with E-state index >= 15 is 0 Å². The highest BCUT2D eigenvalue weighted by Crippen LogP contribution is 2.37. The van der Waals surface area contributed by atoms with Crippen molar-refractivity contribution in [3.05, 3.63) is 45.5 Å². The molecular formula is C18H20N4O3S. The maximum atomic E-state index is 12.8. The molecule has 1 aromatic carbocycles. The Balaban J connectivity index is 1.47. The quantitative estimate of drug-likeness (QED) is 0.661. The number of nitro benzene ring substituents is 1. The van der Waals surface area contributed by atoms with Crippen molar-refractivity contribution in [2.24, 2.45) is 5.41 Å². The number of amides is 1. The maximum absolute atomic E-state index is 12.8. The third-order valence-corrected chi connectivity index (χ3v) is 6.36. The van der Waals surface area contributed by atoms with Crippen LogP contribution >= 0.6 is 11.3 Å². The van der Waals surface area contributed by atoms with Crippen LogP contribution in [0.15, 0.2) is 29.6 Å². The first kappa shape index (κ1) is 17.1. The lowest BCUT2D eigenvalue weighted by Crippen LogP contribution is -2.44. The van der Waals surface area contributed by atoms with Gasteiger partial charge < -0.3 is 10.2 Å². The Hall–Kier alpha value is -2.32. The van der Waals surface area contributed by atoms with E-state index in [0.717, 1.165) is 39.0 Å². The molecule has 3 heterocycles. The average Bonchev–Trinajstić information content (AvgIpc) is 3.32. The minimum atomic E-state index is -0.426. The Morgan fingerprint density at radius 2 is 2.12 bits per heavy atom. The fourth-order valence-corrected chi connectivity index (χ4v) is 4.62. The minimum absolute atomic E-state index is 0.0251. The van der Waals surface area contributed by atoms with Gasteiger partial charge in [-0.1, -0.05) is 12.1 Å². The molecule has 0 saturated carbocycles. The molecule has 136 valence electrons. The number of non-ortho nitro benzene ring substituents is 1. The number of nitrogens with one attached hydrogen (secondary N) is 1. The van der Waals surface area contributed by atoms with Gasteiger partial charge in [0.25, 0.3) is 11.6 Å². The third-order valence-electron chi connectivity index (χ3n) is 5.47. The Morgan fingerprint density at radius 3 is 2.81 bits per heavy atom. The van der Waals surface area contributed by atoms with Gasteiger partial charge in [-0.3, -0.25) is 14.9 Å². The molecule has 1 aromatic heterocycles. The predicted octanol–water partition coefficient (Wildman–Crippen LogP) is 2.93. The van der Waals surface area contributed by atoms with Crippen LogP contribution in [0.25, 0.3) is 10.6 Å². The van der Waals surface area contributed by atoms with Crippen molar-refractivity contribution in [1.82, 2.24) is 15.2 Å². The molecule has 2 aliphatic heterocycles. The molecule has 2 aromatic rings. The van der Waals surface area contributed by atoms with E-state index in [1.165, 1.54) is 29.9 Å². The lowest BCUT2D eigenvalue weighted by Gasteiger charge is -2.38. The largest absolute Gasteiger partial charge is 0.337 e. The molecule has 4 rings (SSSR count). The van der Waals surface area contributed by atoms with Crippen molar-refractivity contribution >= 4 is 22.9 Å². The van der Waals surface area contributed by atoms with E-state index in [2.05, 4.69) is 10.3 Å². The van der Waals surface area contributed by atoms with Crippen LogP contribution < -0.4 is 5.32 Å². The Labute approximate surface area is 155 Å². The second-order valence-electron chi connectivity index (χ2n) is 7.06. The number of nitrogens with zero attached hydrogens (tertiary/aromatic N) is 3. The highest BCUT2D eigenvalue weighted by atomic mass is 32.1. The number of thiazole rings is 1. The summed E-state index contributed by atoms with van der Waals surface area (Å²) in [6.45, 7) is 3.67. The summed E-state index contributed by atoms with van der Waals surface area (Å²) < 4.78 is 0. The number of carbonyl (C=O) groups excluding carboxylic acids is 1. The minimum Gasteiger partial charge on any atom is -0.337 e. The van der Waals surface area contributed by atoms with Gasteiger partial charge in [0.05, 0.1) is 4.92 Å². The molecule has 0 bridgehead atoms. The van der Waals surface area contributed by atoms with Crippen molar-refractivity contribution in [2.45, 2.75) is 19.3 Å². The summed E-state index contributed by atoms with van der Waals surface area (Å²) in [6, 6.07) is 6.35. The van der Waals surface area contributed by atoms with Crippen LogP contribution in [0.4, 0.5) is 5.69 Å². The second-order valence-corrected chi connectivity index (χ2v) is 7.92. The SMILES string of the molecule is O=C(c1csc(-c2cccc([N+](=O)[O-])c2)n1)N1CCC2(CCNC2)CC1. The summed E-state index contributed by atoms with van der Waals surface area (Å²) in [4.78, 5) is 29.6. The summed E-state index contributed by atoms with van der Waals surface area (Å²) in [7, 11) is 0. The molecule has 0 radical (unpaired) electrons. The molecule has 2 aliphatic rings. The lowest BCUT2D eigenvalue weighted by molar-refractivity contribution is -0.384. The van der Waals surface area contributed by atoms with E-state index in [-0.39, 0.29) is 11.6 Å². The van der Waals surface area contributed by atoms with Gasteiger partial charge in [0.1, 0.15) is 10.7 Å². The van der Waals surface area contributed by atoms with Crippen molar-refractivity contribution < 1.29 is 9.72 Å². The molecule has 8 heteroatoms. The molecule has 1 spiro atoms. The van der Waals surface area contributed by atoms with E-state index in [0.29, 0.717) is 21.7 Å². The van der Waals surface area contributed by atoms with Gasteiger partial charge in [0.2, 0.25) is 0 Å². The van der Waals surface area contributed by atoms with Crippen LogP contribution in [0.3, 0.4) is 0 Å². The number of benzene rings is 1. The van der Waals surface area contributed by atoms with Crippen LogP contribution in [0.5, 0.6) is 0 Å². The highest BCUT2D eigenvalue weighted by molar-refractivity contribution is 7.13. The summed E-state index contributed by atoms with van der Waals surface area (Å²) >= 11 is 1.34. The molecular weight excluding hydrogens is 352 g/mol. The van der Waals surface area contributed by atoms with Crippen molar-refractivity contribution in [2.75, 3.05) is 26.2 Å². The summed E-state index contributed by atoms with van der Waals surface area (Å²) in [6.07, 6.45) is 3.27. The monoisotopic (exact) mass is 372 g/mol. The Morgan fingerprint density at radius 1 is 1.31 bits per heavy atom. The summed E-state index contributed by atoms with van der Waals surface area (Å²) in [5.41, 5.74) is 1.49. The Kier molecular flexibility index (Phi) is 4.46. The number of aromatic nitrogens is 1. The Bertz CT molecular complexity index is 834. The van der Waals surface area contributed by atoms with Crippen molar-refractivity contribution in [1.29, 1.82) is 0 Å². The standard InChI is InChI=1S/C18H20N4O3S/c23-17(21-8-5-18(6-9-21)4-7-19-12-18)15-11-26-16(20-15)13-2-1-3-14(10-13)22(24)25/h1-3,10-11,19H,4-9,12H2. The van der Waals surface area contributed by atoms with Crippen molar-refractivity contribution in [3.8, 4) is 10.6 Å². The van der Waals surface area contributed by atoms with Crippen molar-refractivity contribution in [3.63, 3.8) is 0 Å². The van der Waals surface area contributed by atoms with Gasteiger partial charge in [0.15, 0.2) is 0 Å². The zero-order chi connectivity index (χ0) is 18.1. The predicted molar refractivity (Wildman–Crippen MR) is 99.3 cm³/mol. The van der Waals surface area contributed by atoms with E-state index in [4.69, 9.17) is 0 Å². The van der Waals surface area contributed by atoms with Crippen LogP contribution in [-0.4, -0.2) is 46.9 Å². The van der Waals surface area contributed by atoms with Crippen LogP contribution in [0.1, 0.15) is 29.8 Å². The number of hydrogen-bond acceptors (Lipinski definition) is 6. The maximum Gasteiger partial charge on any atom is 0.273 e. The van der Waals surface area contributed by atoms with E-state index < -0.39 is 4.92 Å². The summed E-state index contributed by atoms with van der Waals surface area (Å²) in [5, 5.41) is 16.7. The van der Waals surface area contributed by atoms with Crippen LogP contribution in [0.2, 0.25) is 0 Å². The number of rotatable bonds is 3. The van der Waals surface area contributed by atoms with Gasteiger partial charge >= 0.3 is 0 Å². The number of likely N-dealkylation sites (tertiary alicyclic amines) is 1. The van der Waals surface area contributed by atoms with Crippen LogP contribution in [0, 0.1) is 15.5 Å². The van der Waals surface area contributed by atoms with E-state index in [9.17, 15) is 14.9 Å². The highest BCUT2D eigenvalue weighted by Gasteiger charge is 2.38. The van der Waals surface area contributed by atoms with E-state index in [1.807, 2.05) is 4.90 Å². The topological polar surface area (TPSA) is 88.4 Å². The number of carbonyl (C=O) groups is 1. The first-order chi connectivity index (χ1) is 12.6. The number of hydrogen-bond donors (Lipinski definition) is 1. The van der Waals surface area contributed by atoms with Gasteiger partial charge in [-0.05, 0) is 31.2 Å². The molecule has 0 unspecified atom stereocenters. The van der Waals surface area contributed by atoms with Crippen LogP contribution in [-0.2, 0) is 0 Å². The summed E-state index contributed by atoms with van der Waals surface area (Å²) in [5.74, 6) is -0.0428. The molecule has 0 atom stereocenters. The fourth-order valence-electron chi connectivity index (χ4n) is 3.83. The first-order valence-corrected chi connectivity index (χ1v) is 9.65. The van der Waals surface area contributed by atoms with Gasteiger partial charge in [-0.2, -0.15) is 0 Å². The molecule has 26 heavy (non-hydrogen) atoms. The molecule has 1 N–H and O–H groups in total. The number of nitro groups is 1. The normalized spacial score (nSPS) is 19.0. The molecule has 7 nitrogen and oxygen atoms in total. The average molecular weight is 372 g/mol. The fraction of sp³-hybridized carbons (Fsp3) is 0.444. The lowest BCUT2D eigenvalue weighted by atomic mass is 9.78. The molecule has 1 amide bonds. The molecule has 2 saturated heterocycles. The second kappa shape index (κ2) is 6.77. The zero-order valence-corrected chi connectivity index (χ0v) is 15.1. The number of piperidine rings is 1. The van der Waals surface area contributed by atoms with Gasteiger partial charge in [0, 0.05) is 42.7 Å². The first-order valence-electron chi connectivity index (χ1n) is 8.77. The third kappa shape index (κ3) is 3.22. The molecule has 2 fully saturated rings.